The van der Waals surface area contributed by atoms with E-state index in [1.54, 1.807) is 4.90 Å². The number of benzene rings is 2. The highest BCUT2D eigenvalue weighted by Gasteiger charge is 2.20. The van der Waals surface area contributed by atoms with Gasteiger partial charge in [-0.05, 0) is 23.6 Å². The molecule has 1 aliphatic heterocycles. The normalized spacial score (nSPS) is 15.8. The highest BCUT2D eigenvalue weighted by atomic mass is 19.1. The van der Waals surface area contributed by atoms with Gasteiger partial charge >= 0.3 is 0 Å². The molecule has 3 nitrogen and oxygen atoms in total. The SMILES string of the molecule is O=C(Cc1ccc(F)cc1F)N1CCCN(Cc2ccccc2)CC1. The van der Waals surface area contributed by atoms with Crippen LogP contribution in [0.1, 0.15) is 17.5 Å². The third-order valence-corrected chi connectivity index (χ3v) is 4.55. The number of amides is 1. The minimum absolute atomic E-state index is 0.0230. The van der Waals surface area contributed by atoms with Crippen molar-refractivity contribution in [3.63, 3.8) is 0 Å². The zero-order chi connectivity index (χ0) is 17.6. The van der Waals surface area contributed by atoms with Gasteiger partial charge < -0.3 is 4.90 Å². The molecule has 0 aliphatic carbocycles. The van der Waals surface area contributed by atoms with Crippen molar-refractivity contribution in [1.29, 1.82) is 0 Å². The Morgan fingerprint density at radius 1 is 0.960 bits per heavy atom. The van der Waals surface area contributed by atoms with Crippen LogP contribution in [0.25, 0.3) is 0 Å². The van der Waals surface area contributed by atoms with Crippen LogP contribution in [-0.2, 0) is 17.8 Å². The summed E-state index contributed by atoms with van der Waals surface area (Å²) in [4.78, 5) is 16.6. The highest BCUT2D eigenvalue weighted by molar-refractivity contribution is 5.78. The lowest BCUT2D eigenvalue weighted by Crippen LogP contribution is -2.36. The molecule has 0 aromatic heterocycles. The molecule has 25 heavy (non-hydrogen) atoms. The van der Waals surface area contributed by atoms with Crippen LogP contribution in [0.2, 0.25) is 0 Å². The number of halogens is 2. The molecule has 0 N–H and O–H groups in total. The van der Waals surface area contributed by atoms with Gasteiger partial charge in [-0.15, -0.1) is 0 Å². The Kier molecular flexibility index (Phi) is 5.76. The first-order chi connectivity index (χ1) is 12.1. The Labute approximate surface area is 146 Å². The average Bonchev–Trinajstić information content (AvgIpc) is 2.84. The van der Waals surface area contributed by atoms with Crippen molar-refractivity contribution in [2.75, 3.05) is 26.2 Å². The van der Waals surface area contributed by atoms with E-state index in [1.165, 1.54) is 17.7 Å². The maximum atomic E-state index is 13.7. The number of carbonyl (C=O) groups is 1. The monoisotopic (exact) mass is 344 g/mol. The van der Waals surface area contributed by atoms with E-state index in [1.807, 2.05) is 18.2 Å². The number of carbonyl (C=O) groups excluding carboxylic acids is 1. The van der Waals surface area contributed by atoms with E-state index in [9.17, 15) is 13.6 Å². The summed E-state index contributed by atoms with van der Waals surface area (Å²) < 4.78 is 26.7. The molecule has 3 rings (SSSR count). The molecule has 2 aromatic rings. The second-order valence-corrected chi connectivity index (χ2v) is 6.41. The molecular formula is C20H22F2N2O. The Morgan fingerprint density at radius 2 is 1.76 bits per heavy atom. The van der Waals surface area contributed by atoms with E-state index in [2.05, 4.69) is 17.0 Å². The van der Waals surface area contributed by atoms with E-state index in [-0.39, 0.29) is 17.9 Å². The fourth-order valence-electron chi connectivity index (χ4n) is 3.16. The van der Waals surface area contributed by atoms with E-state index in [4.69, 9.17) is 0 Å². The predicted molar refractivity (Wildman–Crippen MR) is 93.0 cm³/mol. The average molecular weight is 344 g/mol. The van der Waals surface area contributed by atoms with Gasteiger partial charge in [-0.3, -0.25) is 9.69 Å². The van der Waals surface area contributed by atoms with Crippen LogP contribution in [0.3, 0.4) is 0 Å². The van der Waals surface area contributed by atoms with E-state index >= 15 is 0 Å². The topological polar surface area (TPSA) is 23.6 Å². The van der Waals surface area contributed by atoms with Crippen LogP contribution in [0.5, 0.6) is 0 Å². The standard InChI is InChI=1S/C20H22F2N2O/c21-18-8-7-17(19(22)14-18)13-20(25)24-10-4-9-23(11-12-24)15-16-5-2-1-3-6-16/h1-3,5-8,14H,4,9-13,15H2. The molecule has 0 spiro atoms. The van der Waals surface area contributed by atoms with Crippen LogP contribution in [0.15, 0.2) is 48.5 Å². The Bertz CT molecular complexity index is 721. The van der Waals surface area contributed by atoms with E-state index in [0.29, 0.717) is 13.1 Å². The number of hydrogen-bond acceptors (Lipinski definition) is 2. The Balaban J connectivity index is 1.56. The molecule has 1 saturated heterocycles. The van der Waals surface area contributed by atoms with Crippen molar-refractivity contribution in [3.05, 3.63) is 71.3 Å². The molecule has 132 valence electrons. The van der Waals surface area contributed by atoms with E-state index < -0.39 is 11.6 Å². The van der Waals surface area contributed by atoms with Gasteiger partial charge in [0.1, 0.15) is 11.6 Å². The summed E-state index contributed by atoms with van der Waals surface area (Å²) >= 11 is 0. The van der Waals surface area contributed by atoms with Crippen LogP contribution in [-0.4, -0.2) is 41.9 Å². The van der Waals surface area contributed by atoms with Crippen LogP contribution < -0.4 is 0 Å². The fourth-order valence-corrected chi connectivity index (χ4v) is 3.16. The first-order valence-electron chi connectivity index (χ1n) is 8.60. The van der Waals surface area contributed by atoms with Crippen molar-refractivity contribution in [3.8, 4) is 0 Å². The highest BCUT2D eigenvalue weighted by Crippen LogP contribution is 2.13. The lowest BCUT2D eigenvalue weighted by atomic mass is 10.1. The first kappa shape index (κ1) is 17.5. The maximum Gasteiger partial charge on any atom is 0.227 e. The second kappa shape index (κ2) is 8.21. The van der Waals surface area contributed by atoms with Gasteiger partial charge in [0.15, 0.2) is 0 Å². The van der Waals surface area contributed by atoms with Gasteiger partial charge in [0.2, 0.25) is 5.91 Å². The third kappa shape index (κ3) is 4.86. The first-order valence-corrected chi connectivity index (χ1v) is 8.60. The molecule has 0 unspecified atom stereocenters. The maximum absolute atomic E-state index is 13.7. The molecule has 2 aromatic carbocycles. The third-order valence-electron chi connectivity index (χ3n) is 4.55. The molecule has 1 fully saturated rings. The van der Waals surface area contributed by atoms with Gasteiger partial charge in [-0.25, -0.2) is 8.78 Å². The lowest BCUT2D eigenvalue weighted by Gasteiger charge is -2.22. The minimum atomic E-state index is -0.658. The summed E-state index contributed by atoms with van der Waals surface area (Å²) in [6.07, 6.45) is 0.870. The van der Waals surface area contributed by atoms with Crippen molar-refractivity contribution in [1.82, 2.24) is 9.80 Å². The number of nitrogens with zero attached hydrogens (tertiary/aromatic N) is 2. The number of rotatable bonds is 4. The number of hydrogen-bond donors (Lipinski definition) is 0. The van der Waals surface area contributed by atoms with E-state index in [0.717, 1.165) is 32.1 Å². The Hall–Kier alpha value is -2.27. The fraction of sp³-hybridized carbons (Fsp3) is 0.350. The molecule has 0 radical (unpaired) electrons. The molecule has 1 amide bonds. The molecule has 1 aliphatic rings. The molecule has 0 bridgehead atoms. The minimum Gasteiger partial charge on any atom is -0.341 e. The zero-order valence-corrected chi connectivity index (χ0v) is 14.1. The van der Waals surface area contributed by atoms with Gasteiger partial charge in [-0.1, -0.05) is 36.4 Å². The van der Waals surface area contributed by atoms with Gasteiger partial charge in [-0.2, -0.15) is 0 Å². The van der Waals surface area contributed by atoms with Crippen molar-refractivity contribution in [2.24, 2.45) is 0 Å². The summed E-state index contributed by atoms with van der Waals surface area (Å²) in [6, 6.07) is 13.6. The molecular weight excluding hydrogens is 322 g/mol. The summed E-state index contributed by atoms with van der Waals surface area (Å²) in [5.41, 5.74) is 1.51. The van der Waals surface area contributed by atoms with Gasteiger partial charge in [0.05, 0.1) is 6.42 Å². The van der Waals surface area contributed by atoms with Crippen molar-refractivity contribution >= 4 is 5.91 Å². The summed E-state index contributed by atoms with van der Waals surface area (Å²) in [5, 5.41) is 0. The Morgan fingerprint density at radius 3 is 2.52 bits per heavy atom. The molecule has 5 heteroatoms. The predicted octanol–water partition coefficient (Wildman–Crippen LogP) is 3.24. The smallest absolute Gasteiger partial charge is 0.227 e. The lowest BCUT2D eigenvalue weighted by molar-refractivity contribution is -0.130. The van der Waals surface area contributed by atoms with Crippen LogP contribution in [0, 0.1) is 11.6 Å². The molecule has 1 heterocycles. The quantitative estimate of drug-likeness (QED) is 0.850. The van der Waals surface area contributed by atoms with Crippen molar-refractivity contribution in [2.45, 2.75) is 19.4 Å². The van der Waals surface area contributed by atoms with Crippen molar-refractivity contribution < 1.29 is 13.6 Å². The van der Waals surface area contributed by atoms with Crippen LogP contribution >= 0.6 is 0 Å². The molecule has 0 saturated carbocycles. The molecule has 0 atom stereocenters. The summed E-state index contributed by atoms with van der Waals surface area (Å²) in [7, 11) is 0. The summed E-state index contributed by atoms with van der Waals surface area (Å²) in [5.74, 6) is -1.39. The zero-order valence-electron chi connectivity index (χ0n) is 14.1. The van der Waals surface area contributed by atoms with Crippen LogP contribution in [0.4, 0.5) is 8.78 Å². The van der Waals surface area contributed by atoms with Gasteiger partial charge in [0, 0.05) is 38.8 Å². The largest absolute Gasteiger partial charge is 0.341 e. The second-order valence-electron chi connectivity index (χ2n) is 6.41. The van der Waals surface area contributed by atoms with Gasteiger partial charge in [0.25, 0.3) is 0 Å². The summed E-state index contributed by atoms with van der Waals surface area (Å²) in [6.45, 7) is 3.91.